The summed E-state index contributed by atoms with van der Waals surface area (Å²) in [6.07, 6.45) is 2.87. The minimum absolute atomic E-state index is 0.00417. The summed E-state index contributed by atoms with van der Waals surface area (Å²) in [5.74, 6) is -1.14. The number of aromatic nitrogens is 1. The highest BCUT2D eigenvalue weighted by molar-refractivity contribution is 5.44. The van der Waals surface area contributed by atoms with Crippen molar-refractivity contribution >= 4 is 5.69 Å². The smallest absolute Gasteiger partial charge is 0.365 e. The minimum atomic E-state index is -1.10. The second-order valence-electron chi connectivity index (χ2n) is 3.02. The van der Waals surface area contributed by atoms with Gasteiger partial charge >= 0.3 is 5.69 Å². The Balaban J connectivity index is 2.35. The lowest BCUT2D eigenvalue weighted by atomic mass is 10.4. The van der Waals surface area contributed by atoms with Crippen LogP contribution in [0.15, 0.2) is 12.3 Å². The fraction of sp³-hybridized carbons (Fsp3) is 0.375. The molecule has 1 heterocycles. The Hall–Kier alpha value is -1.72. The van der Waals surface area contributed by atoms with Crippen LogP contribution in [0.5, 0.6) is 5.75 Å². The van der Waals surface area contributed by atoms with Crippen LogP contribution in [-0.4, -0.2) is 16.0 Å². The van der Waals surface area contributed by atoms with Crippen molar-refractivity contribution in [2.24, 2.45) is 0 Å². The molecule has 0 N–H and O–H groups in total. The van der Waals surface area contributed by atoms with Crippen molar-refractivity contribution in [2.45, 2.75) is 18.9 Å². The third kappa shape index (κ3) is 1.63. The van der Waals surface area contributed by atoms with Gasteiger partial charge in [0.2, 0.25) is 5.75 Å². The molecule has 1 fully saturated rings. The van der Waals surface area contributed by atoms with E-state index in [2.05, 4.69) is 4.98 Å². The van der Waals surface area contributed by atoms with Gasteiger partial charge in [-0.1, -0.05) is 0 Å². The number of hydrogen-bond acceptors (Lipinski definition) is 4. The van der Waals surface area contributed by atoms with Crippen LogP contribution in [0.3, 0.4) is 0 Å². The molecule has 14 heavy (non-hydrogen) atoms. The highest BCUT2D eigenvalue weighted by atomic mass is 19.1. The number of rotatable bonds is 3. The lowest BCUT2D eigenvalue weighted by Crippen LogP contribution is -2.03. The average Bonchev–Trinajstić information content (AvgIpc) is 2.87. The minimum Gasteiger partial charge on any atom is -0.483 e. The molecule has 0 amide bonds. The fourth-order valence-corrected chi connectivity index (χ4v) is 1.04. The molecule has 74 valence electrons. The van der Waals surface area contributed by atoms with Gasteiger partial charge in [0, 0.05) is 12.3 Å². The third-order valence-corrected chi connectivity index (χ3v) is 1.84. The Morgan fingerprint density at radius 2 is 2.36 bits per heavy atom. The van der Waals surface area contributed by atoms with Gasteiger partial charge in [0.25, 0.3) is 5.95 Å². The number of nitro groups is 1. The first-order valence-corrected chi connectivity index (χ1v) is 4.14. The predicted octanol–water partition coefficient (Wildman–Crippen LogP) is 1.67. The zero-order chi connectivity index (χ0) is 10.1. The molecule has 0 radical (unpaired) electrons. The molecule has 0 bridgehead atoms. The van der Waals surface area contributed by atoms with Crippen LogP contribution in [0.2, 0.25) is 0 Å². The van der Waals surface area contributed by atoms with E-state index in [1.807, 2.05) is 0 Å². The third-order valence-electron chi connectivity index (χ3n) is 1.84. The number of hydrogen-bond donors (Lipinski definition) is 0. The molecule has 2 rings (SSSR count). The Labute approximate surface area is 78.7 Å². The van der Waals surface area contributed by atoms with Gasteiger partial charge in [0.05, 0.1) is 11.0 Å². The van der Waals surface area contributed by atoms with E-state index in [1.165, 1.54) is 6.07 Å². The molecule has 1 aromatic heterocycles. The average molecular weight is 198 g/mol. The first kappa shape index (κ1) is 8.86. The van der Waals surface area contributed by atoms with E-state index in [4.69, 9.17) is 4.74 Å². The second kappa shape index (κ2) is 3.21. The number of pyridine rings is 1. The molecule has 6 heteroatoms. The van der Waals surface area contributed by atoms with E-state index < -0.39 is 16.6 Å². The summed E-state index contributed by atoms with van der Waals surface area (Å²) < 4.78 is 18.1. The lowest BCUT2D eigenvalue weighted by Gasteiger charge is -2.03. The van der Waals surface area contributed by atoms with Crippen molar-refractivity contribution in [3.05, 3.63) is 28.3 Å². The van der Waals surface area contributed by atoms with Gasteiger partial charge in [-0.3, -0.25) is 10.1 Å². The fourth-order valence-electron chi connectivity index (χ4n) is 1.04. The van der Waals surface area contributed by atoms with E-state index in [9.17, 15) is 14.5 Å². The van der Waals surface area contributed by atoms with Crippen LogP contribution in [0.4, 0.5) is 10.1 Å². The van der Waals surface area contributed by atoms with Gasteiger partial charge < -0.3 is 4.74 Å². The van der Waals surface area contributed by atoms with Crippen molar-refractivity contribution in [1.82, 2.24) is 4.98 Å². The molecule has 0 spiro atoms. The van der Waals surface area contributed by atoms with Gasteiger partial charge in [-0.05, 0) is 12.8 Å². The molecule has 0 aliphatic heterocycles. The van der Waals surface area contributed by atoms with Crippen LogP contribution < -0.4 is 4.74 Å². The first-order valence-electron chi connectivity index (χ1n) is 4.14. The van der Waals surface area contributed by atoms with Crippen molar-refractivity contribution in [2.75, 3.05) is 0 Å². The largest absolute Gasteiger partial charge is 0.483 e. The van der Waals surface area contributed by atoms with Crippen molar-refractivity contribution < 1.29 is 14.1 Å². The number of halogens is 1. The van der Waals surface area contributed by atoms with Crippen molar-refractivity contribution in [1.29, 1.82) is 0 Å². The summed E-state index contributed by atoms with van der Waals surface area (Å²) in [5, 5.41) is 10.5. The number of nitrogens with zero attached hydrogens (tertiary/aromatic N) is 2. The molecule has 0 aromatic carbocycles. The van der Waals surface area contributed by atoms with Crippen molar-refractivity contribution in [3.8, 4) is 5.75 Å². The lowest BCUT2D eigenvalue weighted by molar-refractivity contribution is -0.389. The second-order valence-corrected chi connectivity index (χ2v) is 3.02. The Morgan fingerprint density at radius 3 is 2.93 bits per heavy atom. The summed E-state index contributed by atoms with van der Waals surface area (Å²) in [6, 6.07) is 1.31. The topological polar surface area (TPSA) is 65.3 Å². The van der Waals surface area contributed by atoms with Gasteiger partial charge in [0.15, 0.2) is 0 Å². The van der Waals surface area contributed by atoms with Crippen LogP contribution in [0, 0.1) is 16.1 Å². The van der Waals surface area contributed by atoms with E-state index in [-0.39, 0.29) is 11.9 Å². The molecule has 0 saturated heterocycles. The molecule has 0 atom stereocenters. The highest BCUT2D eigenvalue weighted by Crippen LogP contribution is 2.33. The molecule has 1 aromatic rings. The summed E-state index contributed by atoms with van der Waals surface area (Å²) in [6.45, 7) is 0. The summed E-state index contributed by atoms with van der Waals surface area (Å²) in [5.41, 5.74) is -0.681. The molecule has 1 aliphatic rings. The maximum absolute atomic E-state index is 12.9. The van der Waals surface area contributed by atoms with E-state index >= 15 is 0 Å². The van der Waals surface area contributed by atoms with E-state index in [0.717, 1.165) is 19.0 Å². The summed E-state index contributed by atoms with van der Waals surface area (Å²) in [7, 11) is 0. The molecular formula is C8H7FN2O3. The van der Waals surface area contributed by atoms with Crippen LogP contribution >= 0.6 is 0 Å². The normalized spacial score (nSPS) is 15.2. The maximum Gasteiger partial charge on any atom is 0.365 e. The Morgan fingerprint density at radius 1 is 1.64 bits per heavy atom. The van der Waals surface area contributed by atoms with Gasteiger partial charge in [-0.15, -0.1) is 0 Å². The predicted molar refractivity (Wildman–Crippen MR) is 44.5 cm³/mol. The van der Waals surface area contributed by atoms with Gasteiger partial charge in [0.1, 0.15) is 0 Å². The molecular weight excluding hydrogens is 191 g/mol. The monoisotopic (exact) mass is 198 g/mol. The van der Waals surface area contributed by atoms with E-state index in [1.54, 1.807) is 0 Å². The van der Waals surface area contributed by atoms with E-state index in [0.29, 0.717) is 0 Å². The Bertz CT molecular complexity index is 379. The SMILES string of the molecule is O=[N+]([O-])c1c(OC2CC2)ccnc1F. The standard InChI is InChI=1S/C8H7FN2O3/c9-8-7(11(12)13)6(3-4-10-8)14-5-1-2-5/h3-5H,1-2H2. The van der Waals surface area contributed by atoms with Crippen molar-refractivity contribution in [3.63, 3.8) is 0 Å². The van der Waals surface area contributed by atoms with Crippen LogP contribution in [0.25, 0.3) is 0 Å². The highest BCUT2D eigenvalue weighted by Gasteiger charge is 2.29. The first-order chi connectivity index (χ1) is 6.68. The number of ether oxygens (including phenoxy) is 1. The zero-order valence-electron chi connectivity index (χ0n) is 7.14. The quantitative estimate of drug-likeness (QED) is 0.421. The van der Waals surface area contributed by atoms with Crippen LogP contribution in [0.1, 0.15) is 12.8 Å². The summed E-state index contributed by atoms with van der Waals surface area (Å²) in [4.78, 5) is 12.9. The van der Waals surface area contributed by atoms with Gasteiger partial charge in [-0.2, -0.15) is 4.39 Å². The van der Waals surface area contributed by atoms with Crippen LogP contribution in [-0.2, 0) is 0 Å². The molecule has 5 nitrogen and oxygen atoms in total. The zero-order valence-corrected chi connectivity index (χ0v) is 7.14. The maximum atomic E-state index is 12.9. The summed E-state index contributed by atoms with van der Waals surface area (Å²) >= 11 is 0. The molecule has 0 unspecified atom stereocenters. The van der Waals surface area contributed by atoms with Gasteiger partial charge in [-0.25, -0.2) is 4.98 Å². The molecule has 1 aliphatic carbocycles. The Kier molecular flexibility index (Phi) is 2.03. The molecule has 1 saturated carbocycles.